The number of furan rings is 1. The summed E-state index contributed by atoms with van der Waals surface area (Å²) in [5.41, 5.74) is 10.3. The van der Waals surface area contributed by atoms with Crippen molar-refractivity contribution in [2.45, 2.75) is 39.5 Å². The van der Waals surface area contributed by atoms with E-state index < -0.39 is 0 Å². The van der Waals surface area contributed by atoms with Crippen LogP contribution in [0.1, 0.15) is 50.7 Å². The van der Waals surface area contributed by atoms with Crippen LogP contribution in [0.5, 0.6) is 0 Å². The van der Waals surface area contributed by atoms with Crippen LogP contribution in [0.4, 0.5) is 0 Å². The lowest BCUT2D eigenvalue weighted by Crippen LogP contribution is -2.08. The molecule has 3 heterocycles. The minimum Gasteiger partial charge on any atom is -0.455 e. The van der Waals surface area contributed by atoms with Gasteiger partial charge >= 0.3 is 0 Å². The molecule has 0 spiro atoms. The summed E-state index contributed by atoms with van der Waals surface area (Å²) >= 11 is 0. The van der Waals surface area contributed by atoms with Gasteiger partial charge in [0.25, 0.3) is 0 Å². The maximum Gasteiger partial charge on any atom is 0.149 e. The first-order valence-corrected chi connectivity index (χ1v) is 16.8. The monoisotopic (exact) mass is 621 g/mol. The van der Waals surface area contributed by atoms with Gasteiger partial charge in [-0.1, -0.05) is 125 Å². The van der Waals surface area contributed by atoms with E-state index in [1.54, 1.807) is 0 Å². The molecule has 232 valence electrons. The molecule has 4 heteroatoms. The van der Waals surface area contributed by atoms with E-state index in [2.05, 4.69) is 148 Å². The number of para-hydroxylation sites is 2. The van der Waals surface area contributed by atoms with Gasteiger partial charge in [0.15, 0.2) is 0 Å². The van der Waals surface area contributed by atoms with E-state index in [4.69, 9.17) is 14.4 Å². The van der Waals surface area contributed by atoms with Crippen LogP contribution in [0.15, 0.2) is 132 Å². The second kappa shape index (κ2) is 10.9. The minimum absolute atomic E-state index is 0.309. The number of aromatic nitrogens is 3. The van der Waals surface area contributed by atoms with Crippen molar-refractivity contribution in [3.8, 4) is 28.3 Å². The molecule has 0 fully saturated rings. The second-order valence-corrected chi connectivity index (χ2v) is 13.4. The first-order valence-electron chi connectivity index (χ1n) is 16.8. The van der Waals surface area contributed by atoms with Crippen molar-refractivity contribution in [3.05, 3.63) is 139 Å². The van der Waals surface area contributed by atoms with Crippen LogP contribution in [-0.2, 0) is 0 Å². The Bertz CT molecular complexity index is 2650. The van der Waals surface area contributed by atoms with Crippen LogP contribution in [0.25, 0.3) is 82.8 Å². The summed E-state index contributed by atoms with van der Waals surface area (Å²) < 4.78 is 9.24. The van der Waals surface area contributed by atoms with Gasteiger partial charge in [-0.2, -0.15) is 0 Å². The van der Waals surface area contributed by atoms with Crippen LogP contribution in [0, 0.1) is 0 Å². The fourth-order valence-corrected chi connectivity index (χ4v) is 7.40. The Labute approximate surface area is 279 Å². The van der Waals surface area contributed by atoms with E-state index in [0.29, 0.717) is 11.8 Å². The first-order chi connectivity index (χ1) is 23.5. The standard InChI is InChI=1S/C44H35N3O/c1-26(2)31-16-10-17-32(27(3)4)42(31)47-40-24-38(29-13-6-5-7-14-29)45-25-39(40)46-44(47)35-19-11-18-34-37-22-30-21-20-28-12-8-9-15-33(28)36(30)23-41(37)48-43(34)35/h5-27H,1-4H3. The third kappa shape index (κ3) is 4.36. The highest BCUT2D eigenvalue weighted by molar-refractivity contribution is 6.17. The summed E-state index contributed by atoms with van der Waals surface area (Å²) in [7, 11) is 0. The number of imidazole rings is 1. The lowest BCUT2D eigenvalue weighted by molar-refractivity contribution is 0.670. The van der Waals surface area contributed by atoms with Crippen LogP contribution in [0.3, 0.4) is 0 Å². The molecule has 0 bridgehead atoms. The molecular weight excluding hydrogens is 587 g/mol. The van der Waals surface area contributed by atoms with Gasteiger partial charge in [0.1, 0.15) is 22.5 Å². The van der Waals surface area contributed by atoms with Gasteiger partial charge in [-0.15, -0.1) is 0 Å². The van der Waals surface area contributed by atoms with E-state index in [-0.39, 0.29) is 0 Å². The van der Waals surface area contributed by atoms with Crippen molar-refractivity contribution in [3.63, 3.8) is 0 Å². The molecule has 0 unspecified atom stereocenters. The van der Waals surface area contributed by atoms with Gasteiger partial charge in [0.2, 0.25) is 0 Å². The number of hydrogen-bond acceptors (Lipinski definition) is 3. The highest BCUT2D eigenvalue weighted by Gasteiger charge is 2.25. The zero-order valence-corrected chi connectivity index (χ0v) is 27.5. The van der Waals surface area contributed by atoms with Crippen molar-refractivity contribution >= 4 is 54.5 Å². The summed E-state index contributed by atoms with van der Waals surface area (Å²) in [6, 6.07) is 43.2. The lowest BCUT2D eigenvalue weighted by atomic mass is 9.92. The number of rotatable bonds is 5. The topological polar surface area (TPSA) is 43.9 Å². The molecule has 0 aliphatic rings. The number of pyridine rings is 1. The smallest absolute Gasteiger partial charge is 0.149 e. The summed E-state index contributed by atoms with van der Waals surface area (Å²) in [4.78, 5) is 10.2. The van der Waals surface area contributed by atoms with E-state index >= 15 is 0 Å². The molecule has 6 aromatic carbocycles. The fraction of sp³-hybridized carbons (Fsp3) is 0.136. The maximum absolute atomic E-state index is 6.86. The molecule has 0 amide bonds. The summed E-state index contributed by atoms with van der Waals surface area (Å²) in [5.74, 6) is 1.47. The molecule has 0 atom stereocenters. The predicted molar refractivity (Wildman–Crippen MR) is 200 cm³/mol. The molecule has 3 aromatic heterocycles. The van der Waals surface area contributed by atoms with Crippen molar-refractivity contribution < 1.29 is 4.42 Å². The SMILES string of the molecule is CC(C)c1cccc(C(C)C)c1-n1c(-c2cccc3c2oc2cc4c(ccc5ccccc54)cc23)nc2cnc(-c3ccccc3)cc21. The van der Waals surface area contributed by atoms with Crippen LogP contribution in [-0.4, -0.2) is 14.5 Å². The largest absolute Gasteiger partial charge is 0.455 e. The van der Waals surface area contributed by atoms with E-state index in [9.17, 15) is 0 Å². The molecule has 48 heavy (non-hydrogen) atoms. The van der Waals surface area contributed by atoms with Gasteiger partial charge < -0.3 is 4.42 Å². The molecule has 0 saturated heterocycles. The molecule has 0 saturated carbocycles. The Balaban J connectivity index is 1.38. The molecule has 9 aromatic rings. The Morgan fingerprint density at radius 3 is 2.10 bits per heavy atom. The molecule has 0 aliphatic carbocycles. The molecule has 0 N–H and O–H groups in total. The van der Waals surface area contributed by atoms with Gasteiger partial charge in [-0.05, 0) is 68.8 Å². The third-order valence-corrected chi connectivity index (χ3v) is 9.78. The van der Waals surface area contributed by atoms with E-state index in [1.807, 2.05) is 12.3 Å². The molecule has 4 nitrogen and oxygen atoms in total. The molecule has 0 radical (unpaired) electrons. The normalized spacial score (nSPS) is 12.1. The summed E-state index contributed by atoms with van der Waals surface area (Å²) in [6.45, 7) is 9.08. The minimum atomic E-state index is 0.309. The Kier molecular flexibility index (Phi) is 6.48. The molecular formula is C44H35N3O. The van der Waals surface area contributed by atoms with Gasteiger partial charge in [-0.25, -0.2) is 4.98 Å². The van der Waals surface area contributed by atoms with Crippen LogP contribution in [0.2, 0.25) is 0 Å². The Morgan fingerprint density at radius 1 is 0.604 bits per heavy atom. The van der Waals surface area contributed by atoms with E-state index in [0.717, 1.165) is 55.6 Å². The zero-order chi connectivity index (χ0) is 32.5. The van der Waals surface area contributed by atoms with Gasteiger partial charge in [0, 0.05) is 16.3 Å². The van der Waals surface area contributed by atoms with Crippen LogP contribution >= 0.6 is 0 Å². The summed E-state index contributed by atoms with van der Waals surface area (Å²) in [5, 5.41) is 7.04. The van der Waals surface area contributed by atoms with Crippen molar-refractivity contribution in [2.24, 2.45) is 0 Å². The van der Waals surface area contributed by atoms with Crippen LogP contribution < -0.4 is 0 Å². The summed E-state index contributed by atoms with van der Waals surface area (Å²) in [6.07, 6.45) is 1.92. The Morgan fingerprint density at radius 2 is 1.31 bits per heavy atom. The number of benzene rings is 6. The quantitative estimate of drug-likeness (QED) is 0.180. The predicted octanol–water partition coefficient (Wildman–Crippen LogP) is 12.2. The van der Waals surface area contributed by atoms with Crippen molar-refractivity contribution in [1.29, 1.82) is 0 Å². The van der Waals surface area contributed by atoms with E-state index in [1.165, 1.54) is 38.4 Å². The maximum atomic E-state index is 6.86. The zero-order valence-electron chi connectivity index (χ0n) is 27.5. The van der Waals surface area contributed by atoms with Crippen molar-refractivity contribution in [2.75, 3.05) is 0 Å². The van der Waals surface area contributed by atoms with Gasteiger partial charge in [0.05, 0.1) is 28.7 Å². The number of fused-ring (bicyclic) bond motifs is 7. The number of nitrogens with zero attached hydrogens (tertiary/aromatic N) is 3. The highest BCUT2D eigenvalue weighted by Crippen LogP contribution is 2.42. The number of hydrogen-bond donors (Lipinski definition) is 0. The lowest BCUT2D eigenvalue weighted by Gasteiger charge is -2.22. The third-order valence-electron chi connectivity index (χ3n) is 9.78. The average molecular weight is 622 g/mol. The van der Waals surface area contributed by atoms with Gasteiger partial charge in [-0.3, -0.25) is 9.55 Å². The highest BCUT2D eigenvalue weighted by atomic mass is 16.3. The first kappa shape index (κ1) is 28.5. The average Bonchev–Trinajstić information content (AvgIpc) is 3.68. The van der Waals surface area contributed by atoms with Crippen molar-refractivity contribution in [1.82, 2.24) is 14.5 Å². The fourth-order valence-electron chi connectivity index (χ4n) is 7.40. The second-order valence-electron chi connectivity index (χ2n) is 13.4. The molecule has 9 rings (SSSR count). The Hall–Kier alpha value is -5.74. The molecule has 0 aliphatic heterocycles.